The molecule has 3 atom stereocenters. The Morgan fingerprint density at radius 1 is 0.478 bits per heavy atom. The molecule has 13 N–H and O–H groups in total. The average Bonchev–Trinajstić information content (AvgIpc) is 1.44. The third-order valence-electron chi connectivity index (χ3n) is 16.6. The summed E-state index contributed by atoms with van der Waals surface area (Å²) in [5.41, 5.74) is 7.35. The fourth-order valence-electron chi connectivity index (χ4n) is 11.4. The Kier molecular flexibility index (Phi) is 33.5. The number of nitrogens with zero attached hydrogens (tertiary/aromatic N) is 11. The molecule has 3 aliphatic heterocycles. The summed E-state index contributed by atoms with van der Waals surface area (Å²) >= 11 is 0. The standard InChI is InChI=1S/C60H98N16O16/c61-20-11-23-70-30-35-75(36-31-70)59-67-57(63-45-16-14-44(15-17-45)38-46-39-73(42-53(84)85)27-26-71(40-51(80)81)24-25-72(41-52(82)83)32-37-76(46)43-54(86)87)66-58(68-59)74-33-28-69(29-34-74)22-10-6-4-2-1-3-5-7-13-49(77)62-21-9-8-12-47(55(88)89)64-60(92)65-48(56(90)91)18-19-50(78)79/h14-17,46-48H,1-13,18-43,61H2,(H,62,77)(H,78,79)(H,80,81)(H,82,83)(H,84,85)(H,86,87)(H,88,89)(H,90,91)(H2,64,65,92)(H,63,66,67,68)/t46?,47-,48-/m0/s1. The minimum absolute atomic E-state index is 0.0474. The largest absolute Gasteiger partial charge is 0.481 e. The van der Waals surface area contributed by atoms with Crippen molar-refractivity contribution < 1.29 is 78.9 Å². The number of carboxylic acids is 7. The topological polar surface area (TPSA) is 434 Å². The van der Waals surface area contributed by atoms with Crippen LogP contribution in [0.5, 0.6) is 0 Å². The molecule has 1 aromatic carbocycles. The number of hydrogen-bond acceptors (Lipinski definition) is 22. The molecule has 5 rings (SSSR count). The Balaban J connectivity index is 1.08. The number of unbranched alkanes of at least 4 members (excludes halogenated alkanes) is 8. The van der Waals surface area contributed by atoms with Crippen LogP contribution in [-0.2, 0) is 44.8 Å². The summed E-state index contributed by atoms with van der Waals surface area (Å²) in [6, 6.07) is 3.25. The van der Waals surface area contributed by atoms with Gasteiger partial charge in [-0.15, -0.1) is 0 Å². The van der Waals surface area contributed by atoms with Gasteiger partial charge in [-0.3, -0.25) is 58.2 Å². The summed E-state index contributed by atoms with van der Waals surface area (Å²) in [5.74, 6) is -6.85. The number of benzene rings is 1. The van der Waals surface area contributed by atoms with E-state index in [1.807, 2.05) is 24.3 Å². The highest BCUT2D eigenvalue weighted by molar-refractivity contribution is 5.86. The first-order valence-electron chi connectivity index (χ1n) is 32.2. The van der Waals surface area contributed by atoms with Crippen molar-refractivity contribution in [3.63, 3.8) is 0 Å². The minimum atomic E-state index is -1.49. The predicted octanol–water partition coefficient (Wildman–Crippen LogP) is 0.547. The number of carboxylic acid groups (broad SMARTS) is 7. The van der Waals surface area contributed by atoms with E-state index in [2.05, 4.69) is 40.9 Å². The van der Waals surface area contributed by atoms with Crippen LogP contribution in [0.2, 0.25) is 0 Å². The molecule has 3 aliphatic rings. The van der Waals surface area contributed by atoms with Crippen LogP contribution in [0.4, 0.5) is 28.3 Å². The lowest BCUT2D eigenvalue weighted by Gasteiger charge is -2.37. The smallest absolute Gasteiger partial charge is 0.326 e. The van der Waals surface area contributed by atoms with Crippen LogP contribution in [0.3, 0.4) is 0 Å². The highest BCUT2D eigenvalue weighted by atomic mass is 16.4. The molecule has 2 aromatic rings. The molecule has 3 saturated heterocycles. The van der Waals surface area contributed by atoms with E-state index in [1.165, 1.54) is 0 Å². The first-order valence-corrected chi connectivity index (χ1v) is 32.2. The molecule has 0 spiro atoms. The zero-order chi connectivity index (χ0) is 66.8. The van der Waals surface area contributed by atoms with Gasteiger partial charge in [0.1, 0.15) is 12.1 Å². The number of aliphatic carboxylic acids is 7. The lowest BCUT2D eigenvalue weighted by atomic mass is 10.0. The van der Waals surface area contributed by atoms with Crippen LogP contribution in [0.1, 0.15) is 102 Å². The molecule has 32 heteroatoms. The number of amides is 3. The maximum atomic E-state index is 12.4. The van der Waals surface area contributed by atoms with E-state index in [9.17, 15) is 73.8 Å². The van der Waals surface area contributed by atoms with Gasteiger partial charge in [0.15, 0.2) is 0 Å². The zero-order valence-corrected chi connectivity index (χ0v) is 52.9. The highest BCUT2D eigenvalue weighted by Gasteiger charge is 2.30. The molecule has 0 aliphatic carbocycles. The summed E-state index contributed by atoms with van der Waals surface area (Å²) in [6.45, 7) is 9.16. The fourth-order valence-corrected chi connectivity index (χ4v) is 11.4. The highest BCUT2D eigenvalue weighted by Crippen LogP contribution is 2.24. The van der Waals surface area contributed by atoms with Crippen molar-refractivity contribution in [3.05, 3.63) is 29.8 Å². The van der Waals surface area contributed by atoms with Crippen LogP contribution in [0, 0.1) is 0 Å². The molecular weight excluding hydrogens is 1200 g/mol. The van der Waals surface area contributed by atoms with Crippen molar-refractivity contribution >= 4 is 77.3 Å². The molecule has 514 valence electrons. The molecule has 0 radical (unpaired) electrons. The van der Waals surface area contributed by atoms with Crippen molar-refractivity contribution in [2.24, 2.45) is 5.73 Å². The van der Waals surface area contributed by atoms with Crippen molar-refractivity contribution in [2.45, 2.75) is 121 Å². The van der Waals surface area contributed by atoms with Crippen molar-refractivity contribution in [1.82, 2.24) is 60.3 Å². The van der Waals surface area contributed by atoms with Crippen LogP contribution in [0.15, 0.2) is 24.3 Å². The Hall–Kier alpha value is -7.62. The first kappa shape index (κ1) is 75.1. The normalized spacial score (nSPS) is 17.8. The van der Waals surface area contributed by atoms with Gasteiger partial charge >= 0.3 is 47.8 Å². The van der Waals surface area contributed by atoms with Gasteiger partial charge < -0.3 is 72.5 Å². The molecule has 32 nitrogen and oxygen atoms in total. The summed E-state index contributed by atoms with van der Waals surface area (Å²) in [5, 5.41) is 77.5. The average molecular weight is 1300 g/mol. The minimum Gasteiger partial charge on any atom is -0.481 e. The second-order valence-electron chi connectivity index (χ2n) is 23.8. The number of carbonyl (C=O) groups is 9. The molecule has 4 heterocycles. The molecular formula is C60H98N16O16. The van der Waals surface area contributed by atoms with Crippen LogP contribution < -0.4 is 36.8 Å². The van der Waals surface area contributed by atoms with E-state index >= 15 is 0 Å². The van der Waals surface area contributed by atoms with Crippen molar-refractivity contribution in [1.29, 1.82) is 0 Å². The predicted molar refractivity (Wildman–Crippen MR) is 339 cm³/mol. The summed E-state index contributed by atoms with van der Waals surface area (Å²) in [4.78, 5) is 138. The Bertz CT molecular complexity index is 2650. The number of aromatic nitrogens is 3. The monoisotopic (exact) mass is 1300 g/mol. The SMILES string of the molecule is NCCCN1CCN(c2nc(Nc3ccc(CC4CN(CC(=O)O)CCN(CC(=O)O)CCN(CC(=O)O)CCN4CC(=O)O)cc3)nc(N3CCN(CCCCCCCCCCC(=O)NCCCC[C@H](NC(=O)N[C@@H](CCC(=O)O)C(=O)O)C(=O)O)CC3)n2)CC1. The van der Waals surface area contributed by atoms with E-state index in [4.69, 9.17) is 25.8 Å². The number of urea groups is 1. The Morgan fingerprint density at radius 2 is 0.946 bits per heavy atom. The van der Waals surface area contributed by atoms with Crippen LogP contribution in [-0.4, -0.2) is 302 Å². The second-order valence-corrected chi connectivity index (χ2v) is 23.8. The van der Waals surface area contributed by atoms with Crippen molar-refractivity contribution in [2.75, 3.05) is 166 Å². The van der Waals surface area contributed by atoms with Crippen molar-refractivity contribution in [3.8, 4) is 0 Å². The lowest BCUT2D eigenvalue weighted by Crippen LogP contribution is -2.53. The second kappa shape index (κ2) is 41.1. The van der Waals surface area contributed by atoms with Crippen LogP contribution in [0.25, 0.3) is 0 Å². The van der Waals surface area contributed by atoms with Gasteiger partial charge in [0.2, 0.25) is 23.8 Å². The van der Waals surface area contributed by atoms with E-state index in [-0.39, 0.29) is 90.7 Å². The molecule has 3 amide bonds. The number of carbonyl (C=O) groups excluding carboxylic acids is 2. The number of rotatable bonds is 40. The zero-order valence-electron chi connectivity index (χ0n) is 52.9. The van der Waals surface area contributed by atoms with Gasteiger partial charge in [0.05, 0.1) is 26.2 Å². The molecule has 3 fully saturated rings. The van der Waals surface area contributed by atoms with E-state index < -0.39 is 72.4 Å². The third-order valence-corrected chi connectivity index (χ3v) is 16.6. The van der Waals surface area contributed by atoms with E-state index in [0.29, 0.717) is 62.3 Å². The summed E-state index contributed by atoms with van der Waals surface area (Å²) < 4.78 is 0. The quantitative estimate of drug-likeness (QED) is 0.0405. The third kappa shape index (κ3) is 29.8. The molecule has 92 heavy (non-hydrogen) atoms. The maximum absolute atomic E-state index is 12.4. The van der Waals surface area contributed by atoms with Gasteiger partial charge in [-0.1, -0.05) is 50.7 Å². The summed E-state index contributed by atoms with van der Waals surface area (Å²) in [7, 11) is 0. The number of anilines is 4. The number of nitrogens with two attached hydrogens (primary N) is 1. The molecule has 1 aromatic heterocycles. The fraction of sp³-hybridized carbons (Fsp3) is 0.700. The van der Waals surface area contributed by atoms with Gasteiger partial charge in [0, 0.05) is 129 Å². The summed E-state index contributed by atoms with van der Waals surface area (Å²) in [6.07, 6.45) is 9.92. The maximum Gasteiger partial charge on any atom is 0.326 e. The van der Waals surface area contributed by atoms with Gasteiger partial charge in [-0.2, -0.15) is 15.0 Å². The first-order chi connectivity index (χ1) is 44.1. The van der Waals surface area contributed by atoms with Crippen LogP contribution >= 0.6 is 0 Å². The number of nitrogens with one attached hydrogen (secondary N) is 4. The Morgan fingerprint density at radius 3 is 1.46 bits per heavy atom. The molecule has 1 unspecified atom stereocenters. The Labute approximate surface area is 536 Å². The molecule has 0 bridgehead atoms. The molecule has 0 saturated carbocycles. The van der Waals surface area contributed by atoms with E-state index in [0.717, 1.165) is 129 Å². The number of hydrogen-bond donors (Lipinski definition) is 12. The van der Waals surface area contributed by atoms with Gasteiger partial charge in [-0.05, 0) is 88.7 Å². The van der Waals surface area contributed by atoms with E-state index in [1.54, 1.807) is 19.6 Å². The van der Waals surface area contributed by atoms with Gasteiger partial charge in [-0.25, -0.2) is 14.4 Å². The number of piperazine rings is 2. The van der Waals surface area contributed by atoms with Gasteiger partial charge in [0.25, 0.3) is 0 Å². The lowest BCUT2D eigenvalue weighted by molar-refractivity contribution is -0.142.